The van der Waals surface area contributed by atoms with Gasteiger partial charge in [0.2, 0.25) is 0 Å². The van der Waals surface area contributed by atoms with Crippen molar-refractivity contribution < 1.29 is 4.79 Å². The number of halogens is 1. The van der Waals surface area contributed by atoms with E-state index in [1.807, 2.05) is 39.2 Å². The third-order valence-corrected chi connectivity index (χ3v) is 3.09. The molecule has 0 aliphatic heterocycles. The minimum absolute atomic E-state index is 0.0179. The maximum absolute atomic E-state index is 11.9. The van der Waals surface area contributed by atoms with Crippen LogP contribution >= 0.6 is 15.9 Å². The monoisotopic (exact) mass is 298 g/mol. The number of aryl methyl sites for hydroxylation is 1. The maximum atomic E-state index is 11.9. The van der Waals surface area contributed by atoms with Crippen molar-refractivity contribution in [2.45, 2.75) is 13.3 Å². The third kappa shape index (κ3) is 4.88. The van der Waals surface area contributed by atoms with Gasteiger partial charge < -0.3 is 10.2 Å². The lowest BCUT2D eigenvalue weighted by molar-refractivity contribution is 0.0951. The van der Waals surface area contributed by atoms with E-state index in [2.05, 4.69) is 26.1 Å². The van der Waals surface area contributed by atoms with E-state index < -0.39 is 0 Å². The molecule has 0 fully saturated rings. The van der Waals surface area contributed by atoms with Crippen LogP contribution in [0.25, 0.3) is 0 Å². The van der Waals surface area contributed by atoms with Crippen LogP contribution < -0.4 is 5.32 Å². The van der Waals surface area contributed by atoms with E-state index in [1.54, 1.807) is 0 Å². The Morgan fingerprint density at radius 2 is 2.12 bits per heavy atom. The normalized spacial score (nSPS) is 10.6. The molecule has 17 heavy (non-hydrogen) atoms. The van der Waals surface area contributed by atoms with Crippen molar-refractivity contribution in [1.82, 2.24) is 10.2 Å². The molecule has 0 aliphatic rings. The molecule has 4 heteroatoms. The molecule has 0 atom stereocenters. The minimum atomic E-state index is -0.0179. The molecule has 0 bridgehead atoms. The molecular formula is C13H19BrN2O. The van der Waals surface area contributed by atoms with Crippen LogP contribution in [0, 0.1) is 6.92 Å². The number of benzene rings is 1. The summed E-state index contributed by atoms with van der Waals surface area (Å²) in [7, 11) is 4.05. The number of carbonyl (C=O) groups is 1. The number of hydrogen-bond donors (Lipinski definition) is 1. The van der Waals surface area contributed by atoms with E-state index in [0.29, 0.717) is 12.1 Å². The van der Waals surface area contributed by atoms with Crippen LogP contribution in [0.15, 0.2) is 22.7 Å². The lowest BCUT2D eigenvalue weighted by atomic mass is 10.1. The Kier molecular flexibility index (Phi) is 5.65. The van der Waals surface area contributed by atoms with Gasteiger partial charge >= 0.3 is 0 Å². The second kappa shape index (κ2) is 6.77. The van der Waals surface area contributed by atoms with Crippen molar-refractivity contribution in [2.75, 3.05) is 27.2 Å². The van der Waals surface area contributed by atoms with E-state index >= 15 is 0 Å². The van der Waals surface area contributed by atoms with Gasteiger partial charge in [-0.1, -0.05) is 6.07 Å². The van der Waals surface area contributed by atoms with Gasteiger partial charge in [-0.05, 0) is 67.6 Å². The molecular weight excluding hydrogens is 280 g/mol. The molecule has 1 rings (SSSR count). The molecule has 0 aromatic heterocycles. The summed E-state index contributed by atoms with van der Waals surface area (Å²) in [5.74, 6) is -0.0179. The number of carbonyl (C=O) groups excluding carboxylic acids is 1. The van der Waals surface area contributed by atoms with Gasteiger partial charge in [-0.15, -0.1) is 0 Å². The van der Waals surface area contributed by atoms with Gasteiger partial charge in [-0.2, -0.15) is 0 Å². The van der Waals surface area contributed by atoms with E-state index in [0.717, 1.165) is 23.0 Å². The van der Waals surface area contributed by atoms with Crippen molar-refractivity contribution in [1.29, 1.82) is 0 Å². The predicted molar refractivity (Wildman–Crippen MR) is 74.4 cm³/mol. The summed E-state index contributed by atoms with van der Waals surface area (Å²) >= 11 is 3.41. The van der Waals surface area contributed by atoms with Crippen molar-refractivity contribution in [3.05, 3.63) is 33.8 Å². The quantitative estimate of drug-likeness (QED) is 0.847. The zero-order valence-corrected chi connectivity index (χ0v) is 12.2. The Labute approximate surface area is 111 Å². The summed E-state index contributed by atoms with van der Waals surface area (Å²) in [4.78, 5) is 14.0. The predicted octanol–water partition coefficient (Wildman–Crippen LogP) is 2.44. The standard InChI is InChI=1S/C13H19BrN2O/c1-10-5-6-11(12(14)9-10)13(17)15-7-4-8-16(2)3/h5-6,9H,4,7-8H2,1-3H3,(H,15,17). The van der Waals surface area contributed by atoms with E-state index in [9.17, 15) is 4.79 Å². The van der Waals surface area contributed by atoms with Gasteiger partial charge in [0.05, 0.1) is 5.56 Å². The van der Waals surface area contributed by atoms with Gasteiger partial charge in [0.25, 0.3) is 5.91 Å². The molecule has 1 amide bonds. The Hall–Kier alpha value is -0.870. The molecule has 3 nitrogen and oxygen atoms in total. The molecule has 1 N–H and O–H groups in total. The van der Waals surface area contributed by atoms with E-state index in [1.165, 1.54) is 0 Å². The average Bonchev–Trinajstić information content (AvgIpc) is 2.23. The van der Waals surface area contributed by atoms with Crippen LogP contribution in [0.5, 0.6) is 0 Å². The van der Waals surface area contributed by atoms with E-state index in [-0.39, 0.29) is 5.91 Å². The van der Waals surface area contributed by atoms with Crippen molar-refractivity contribution in [3.63, 3.8) is 0 Å². The zero-order chi connectivity index (χ0) is 12.8. The topological polar surface area (TPSA) is 32.3 Å². The van der Waals surface area contributed by atoms with Crippen molar-refractivity contribution in [2.24, 2.45) is 0 Å². The van der Waals surface area contributed by atoms with Crippen molar-refractivity contribution in [3.8, 4) is 0 Å². The van der Waals surface area contributed by atoms with Crippen LogP contribution in [-0.2, 0) is 0 Å². The fourth-order valence-electron chi connectivity index (χ4n) is 1.50. The highest BCUT2D eigenvalue weighted by Gasteiger charge is 2.08. The first-order valence-electron chi connectivity index (χ1n) is 5.70. The number of nitrogens with zero attached hydrogens (tertiary/aromatic N) is 1. The first-order valence-corrected chi connectivity index (χ1v) is 6.49. The molecule has 0 unspecified atom stereocenters. The number of rotatable bonds is 5. The molecule has 0 saturated heterocycles. The van der Waals surface area contributed by atoms with Crippen LogP contribution in [-0.4, -0.2) is 38.0 Å². The summed E-state index contributed by atoms with van der Waals surface area (Å²) in [5, 5.41) is 2.92. The van der Waals surface area contributed by atoms with Crippen LogP contribution in [0.3, 0.4) is 0 Å². The highest BCUT2D eigenvalue weighted by atomic mass is 79.9. The van der Waals surface area contributed by atoms with Gasteiger partial charge in [-0.25, -0.2) is 0 Å². The molecule has 1 aromatic carbocycles. The zero-order valence-electron chi connectivity index (χ0n) is 10.6. The summed E-state index contributed by atoms with van der Waals surface area (Å²) in [6, 6.07) is 5.74. The molecule has 0 spiro atoms. The molecule has 0 radical (unpaired) electrons. The number of amides is 1. The number of nitrogens with one attached hydrogen (secondary N) is 1. The molecule has 0 aliphatic carbocycles. The smallest absolute Gasteiger partial charge is 0.252 e. The first-order chi connectivity index (χ1) is 8.00. The average molecular weight is 299 g/mol. The molecule has 0 saturated carbocycles. The van der Waals surface area contributed by atoms with Gasteiger partial charge in [0.1, 0.15) is 0 Å². The van der Waals surface area contributed by atoms with Gasteiger partial charge in [0.15, 0.2) is 0 Å². The molecule has 1 aromatic rings. The second-order valence-electron chi connectivity index (χ2n) is 4.40. The fraction of sp³-hybridized carbons (Fsp3) is 0.462. The summed E-state index contributed by atoms with van der Waals surface area (Å²) in [6.45, 7) is 3.69. The molecule has 94 valence electrons. The SMILES string of the molecule is Cc1ccc(C(=O)NCCCN(C)C)c(Br)c1. The maximum Gasteiger partial charge on any atom is 0.252 e. The van der Waals surface area contributed by atoms with Crippen molar-refractivity contribution >= 4 is 21.8 Å². The highest BCUT2D eigenvalue weighted by Crippen LogP contribution is 2.18. The Morgan fingerprint density at radius 3 is 2.71 bits per heavy atom. The van der Waals surface area contributed by atoms with Crippen LogP contribution in [0.4, 0.5) is 0 Å². The largest absolute Gasteiger partial charge is 0.352 e. The van der Waals surface area contributed by atoms with Crippen LogP contribution in [0.1, 0.15) is 22.3 Å². The Balaban J connectivity index is 2.47. The van der Waals surface area contributed by atoms with E-state index in [4.69, 9.17) is 0 Å². The van der Waals surface area contributed by atoms with Gasteiger partial charge in [0, 0.05) is 11.0 Å². The second-order valence-corrected chi connectivity index (χ2v) is 5.25. The van der Waals surface area contributed by atoms with Crippen LogP contribution in [0.2, 0.25) is 0 Å². The number of hydrogen-bond acceptors (Lipinski definition) is 2. The third-order valence-electron chi connectivity index (χ3n) is 2.44. The van der Waals surface area contributed by atoms with Gasteiger partial charge in [-0.3, -0.25) is 4.79 Å². The Morgan fingerprint density at radius 1 is 1.41 bits per heavy atom. The lowest BCUT2D eigenvalue weighted by Gasteiger charge is -2.10. The summed E-state index contributed by atoms with van der Waals surface area (Å²) in [6.07, 6.45) is 0.961. The highest BCUT2D eigenvalue weighted by molar-refractivity contribution is 9.10. The minimum Gasteiger partial charge on any atom is -0.352 e. The first kappa shape index (κ1) is 14.2. The lowest BCUT2D eigenvalue weighted by Crippen LogP contribution is -2.27. The summed E-state index contributed by atoms with van der Waals surface area (Å²) in [5.41, 5.74) is 1.83. The fourth-order valence-corrected chi connectivity index (χ4v) is 2.17. The molecule has 0 heterocycles. The summed E-state index contributed by atoms with van der Waals surface area (Å²) < 4.78 is 0.850. The Bertz CT molecular complexity index is 391.